The molecule has 0 saturated carbocycles. The molecule has 0 saturated heterocycles. The predicted octanol–water partition coefficient (Wildman–Crippen LogP) is 1.79. The Labute approximate surface area is 83.1 Å². The van der Waals surface area contributed by atoms with E-state index in [9.17, 15) is 0 Å². The van der Waals surface area contributed by atoms with E-state index in [0.717, 1.165) is 17.9 Å². The number of halogens is 1. The molecule has 0 amide bonds. The van der Waals surface area contributed by atoms with E-state index in [2.05, 4.69) is 9.97 Å². The van der Waals surface area contributed by atoms with Crippen LogP contribution in [-0.2, 0) is 17.0 Å². The highest BCUT2D eigenvalue weighted by atomic mass is 35.5. The van der Waals surface area contributed by atoms with E-state index >= 15 is 0 Å². The Bertz CT molecular complexity index is 268. The summed E-state index contributed by atoms with van der Waals surface area (Å²) in [7, 11) is 1.68. The zero-order valence-corrected chi connectivity index (χ0v) is 8.58. The fourth-order valence-corrected chi connectivity index (χ4v) is 1.10. The quantitative estimate of drug-likeness (QED) is 0.696. The summed E-state index contributed by atoms with van der Waals surface area (Å²) in [6.45, 7) is 1.98. The van der Waals surface area contributed by atoms with Crippen LogP contribution in [0.25, 0.3) is 0 Å². The van der Waals surface area contributed by atoms with Crippen molar-refractivity contribution < 1.29 is 4.74 Å². The monoisotopic (exact) mass is 200 g/mol. The first kappa shape index (κ1) is 10.4. The molecule has 4 heteroatoms. The van der Waals surface area contributed by atoms with Gasteiger partial charge in [0.15, 0.2) is 0 Å². The minimum Gasteiger partial charge on any atom is -0.381 e. The summed E-state index contributed by atoms with van der Waals surface area (Å²) in [4.78, 5) is 8.38. The number of rotatable bonds is 4. The first-order valence-electron chi connectivity index (χ1n) is 4.15. The van der Waals surface area contributed by atoms with Crippen molar-refractivity contribution in [3.63, 3.8) is 0 Å². The van der Waals surface area contributed by atoms with E-state index in [0.29, 0.717) is 5.88 Å². The summed E-state index contributed by atoms with van der Waals surface area (Å²) in [5, 5.41) is 0. The second-order valence-corrected chi connectivity index (χ2v) is 3.12. The summed E-state index contributed by atoms with van der Waals surface area (Å²) in [6, 6.07) is 1.81. The molecule has 1 aromatic rings. The van der Waals surface area contributed by atoms with Gasteiger partial charge in [0, 0.05) is 19.7 Å². The van der Waals surface area contributed by atoms with E-state index in [1.807, 2.05) is 13.0 Å². The average molecular weight is 201 g/mol. The highest BCUT2D eigenvalue weighted by Gasteiger charge is 2.04. The zero-order valence-electron chi connectivity index (χ0n) is 7.83. The molecule has 0 aromatic carbocycles. The molecule has 1 aromatic heterocycles. The predicted molar refractivity (Wildman–Crippen MR) is 51.8 cm³/mol. The fraction of sp³-hybridized carbons (Fsp3) is 0.556. The molecule has 0 N–H and O–H groups in total. The molecule has 3 nitrogen and oxygen atoms in total. The van der Waals surface area contributed by atoms with Crippen LogP contribution in [0.15, 0.2) is 12.3 Å². The molecule has 1 heterocycles. The third-order valence-electron chi connectivity index (χ3n) is 1.77. The Kier molecular flexibility index (Phi) is 4.12. The van der Waals surface area contributed by atoms with Crippen molar-refractivity contribution in [2.75, 3.05) is 7.11 Å². The van der Waals surface area contributed by atoms with Crippen LogP contribution >= 0.6 is 11.6 Å². The topological polar surface area (TPSA) is 35.0 Å². The molecule has 0 radical (unpaired) electrons. The van der Waals surface area contributed by atoms with Crippen LogP contribution in [0.5, 0.6) is 0 Å². The molecule has 72 valence electrons. The Hall–Kier alpha value is -0.670. The van der Waals surface area contributed by atoms with Crippen molar-refractivity contribution in [3.05, 3.63) is 23.8 Å². The van der Waals surface area contributed by atoms with Crippen molar-refractivity contribution in [3.8, 4) is 0 Å². The molecule has 0 aliphatic rings. The van der Waals surface area contributed by atoms with Crippen LogP contribution in [0.1, 0.15) is 18.4 Å². The smallest absolute Gasteiger partial charge is 0.131 e. The maximum absolute atomic E-state index is 5.65. The van der Waals surface area contributed by atoms with Gasteiger partial charge in [0.05, 0.1) is 17.7 Å². The normalized spacial score (nSPS) is 12.8. The molecule has 0 bridgehead atoms. The van der Waals surface area contributed by atoms with E-state index in [-0.39, 0.29) is 6.10 Å². The van der Waals surface area contributed by atoms with E-state index in [4.69, 9.17) is 16.3 Å². The van der Waals surface area contributed by atoms with Crippen molar-refractivity contribution in [2.24, 2.45) is 0 Å². The third-order valence-corrected chi connectivity index (χ3v) is 2.05. The Morgan fingerprint density at radius 2 is 2.38 bits per heavy atom. The number of alkyl halides is 1. The standard InChI is InChI=1S/C9H13ClN2O/c1-7(13-2)5-9-11-4-3-8(6-10)12-9/h3-4,7H,5-6H2,1-2H3. The van der Waals surface area contributed by atoms with Gasteiger partial charge in [-0.2, -0.15) is 0 Å². The summed E-state index contributed by atoms with van der Waals surface area (Å²) in [5.74, 6) is 1.21. The minimum atomic E-state index is 0.144. The van der Waals surface area contributed by atoms with Gasteiger partial charge in [0.2, 0.25) is 0 Å². The van der Waals surface area contributed by atoms with Crippen LogP contribution in [0, 0.1) is 0 Å². The molecule has 1 unspecified atom stereocenters. The highest BCUT2D eigenvalue weighted by molar-refractivity contribution is 6.16. The lowest BCUT2D eigenvalue weighted by Crippen LogP contribution is -2.11. The molecule has 0 aliphatic carbocycles. The molecular formula is C9H13ClN2O. The van der Waals surface area contributed by atoms with Crippen molar-refractivity contribution >= 4 is 11.6 Å². The van der Waals surface area contributed by atoms with Crippen molar-refractivity contribution in [1.29, 1.82) is 0 Å². The van der Waals surface area contributed by atoms with Crippen molar-refractivity contribution in [1.82, 2.24) is 9.97 Å². The Balaban J connectivity index is 2.66. The molecule has 0 fully saturated rings. The molecule has 1 rings (SSSR count). The minimum absolute atomic E-state index is 0.144. The Morgan fingerprint density at radius 3 is 3.00 bits per heavy atom. The largest absolute Gasteiger partial charge is 0.381 e. The molecule has 0 spiro atoms. The highest BCUT2D eigenvalue weighted by Crippen LogP contribution is 2.03. The number of aromatic nitrogens is 2. The van der Waals surface area contributed by atoms with Gasteiger partial charge in [-0.15, -0.1) is 11.6 Å². The fourth-order valence-electron chi connectivity index (χ4n) is 0.954. The van der Waals surface area contributed by atoms with Crippen LogP contribution in [0.2, 0.25) is 0 Å². The second kappa shape index (κ2) is 5.14. The SMILES string of the molecule is COC(C)Cc1nccc(CCl)n1. The second-order valence-electron chi connectivity index (χ2n) is 2.85. The average Bonchev–Trinajstić information content (AvgIpc) is 2.18. The molecule has 13 heavy (non-hydrogen) atoms. The van der Waals surface area contributed by atoms with Gasteiger partial charge in [-0.1, -0.05) is 0 Å². The lowest BCUT2D eigenvalue weighted by molar-refractivity contribution is 0.117. The summed E-state index contributed by atoms with van der Waals surface area (Å²) < 4.78 is 5.11. The molecule has 1 atom stereocenters. The number of methoxy groups -OCH3 is 1. The number of hydrogen-bond acceptors (Lipinski definition) is 3. The van der Waals surface area contributed by atoms with Crippen molar-refractivity contribution in [2.45, 2.75) is 25.3 Å². The van der Waals surface area contributed by atoms with E-state index < -0.39 is 0 Å². The summed E-state index contributed by atoms with van der Waals surface area (Å²) in [6.07, 6.45) is 2.59. The first-order chi connectivity index (χ1) is 6.26. The number of hydrogen-bond donors (Lipinski definition) is 0. The molecule has 0 aliphatic heterocycles. The van der Waals surface area contributed by atoms with Gasteiger partial charge in [0.1, 0.15) is 5.82 Å². The maximum atomic E-state index is 5.65. The maximum Gasteiger partial charge on any atom is 0.131 e. The van der Waals surface area contributed by atoms with Crippen LogP contribution in [0.4, 0.5) is 0 Å². The summed E-state index contributed by atoms with van der Waals surface area (Å²) >= 11 is 5.65. The molecular weight excluding hydrogens is 188 g/mol. The van der Waals surface area contributed by atoms with Gasteiger partial charge >= 0.3 is 0 Å². The lowest BCUT2D eigenvalue weighted by atomic mass is 10.2. The summed E-state index contributed by atoms with van der Waals surface area (Å²) in [5.41, 5.74) is 0.856. The van der Waals surface area contributed by atoms with E-state index in [1.165, 1.54) is 0 Å². The van der Waals surface area contributed by atoms with Crippen LogP contribution in [-0.4, -0.2) is 23.2 Å². The van der Waals surface area contributed by atoms with Gasteiger partial charge in [-0.3, -0.25) is 0 Å². The zero-order chi connectivity index (χ0) is 9.68. The Morgan fingerprint density at radius 1 is 1.62 bits per heavy atom. The van der Waals surface area contributed by atoms with Gasteiger partial charge in [-0.05, 0) is 13.0 Å². The van der Waals surface area contributed by atoms with Gasteiger partial charge in [0.25, 0.3) is 0 Å². The first-order valence-corrected chi connectivity index (χ1v) is 4.69. The van der Waals surface area contributed by atoms with E-state index in [1.54, 1.807) is 13.3 Å². The third kappa shape index (κ3) is 3.28. The van der Waals surface area contributed by atoms with Gasteiger partial charge in [-0.25, -0.2) is 9.97 Å². The lowest BCUT2D eigenvalue weighted by Gasteiger charge is -2.07. The van der Waals surface area contributed by atoms with Crippen LogP contribution < -0.4 is 0 Å². The number of nitrogens with zero attached hydrogens (tertiary/aromatic N) is 2. The van der Waals surface area contributed by atoms with Crippen LogP contribution in [0.3, 0.4) is 0 Å². The van der Waals surface area contributed by atoms with Gasteiger partial charge < -0.3 is 4.74 Å². The number of ether oxygens (including phenoxy) is 1.